The van der Waals surface area contributed by atoms with Crippen LogP contribution in [0.15, 0.2) is 45.8 Å². The fraction of sp³-hybridized carbons (Fsp3) is 0. The predicted octanol–water partition coefficient (Wildman–Crippen LogP) is 3.11. The van der Waals surface area contributed by atoms with Crippen molar-refractivity contribution >= 4 is 37.3 Å². The third-order valence-corrected chi connectivity index (χ3v) is 4.51. The van der Waals surface area contributed by atoms with Crippen LogP contribution in [-0.4, -0.2) is 8.42 Å². The molecular weight excluding hydrogens is 354 g/mol. The number of rotatable bonds is 3. The van der Waals surface area contributed by atoms with Gasteiger partial charge < -0.3 is 5.73 Å². The molecular formula is C12H9BrF2N2O2S. The molecule has 0 aliphatic rings. The Kier molecular flexibility index (Phi) is 3.96. The van der Waals surface area contributed by atoms with Crippen molar-refractivity contribution in [3.8, 4) is 0 Å². The summed E-state index contributed by atoms with van der Waals surface area (Å²) in [5.74, 6) is -1.60. The van der Waals surface area contributed by atoms with E-state index in [1.807, 2.05) is 0 Å². The molecule has 0 bridgehead atoms. The molecule has 0 aliphatic carbocycles. The van der Waals surface area contributed by atoms with Crippen molar-refractivity contribution in [2.45, 2.75) is 4.90 Å². The minimum Gasteiger partial charge on any atom is -0.399 e. The number of halogens is 3. The fourth-order valence-corrected chi connectivity index (χ4v) is 3.12. The zero-order chi connectivity index (χ0) is 14.9. The number of nitrogens with one attached hydrogen (secondary N) is 1. The highest BCUT2D eigenvalue weighted by atomic mass is 79.9. The monoisotopic (exact) mass is 362 g/mol. The first-order valence-corrected chi connectivity index (χ1v) is 7.60. The van der Waals surface area contributed by atoms with Gasteiger partial charge in [0.15, 0.2) is 0 Å². The van der Waals surface area contributed by atoms with Crippen molar-refractivity contribution < 1.29 is 17.2 Å². The third kappa shape index (κ3) is 3.07. The predicted molar refractivity (Wildman–Crippen MR) is 75.7 cm³/mol. The second-order valence-electron chi connectivity index (χ2n) is 3.92. The maximum Gasteiger partial charge on any atom is 0.264 e. The average molecular weight is 363 g/mol. The lowest BCUT2D eigenvalue weighted by Crippen LogP contribution is -2.15. The van der Waals surface area contributed by atoms with Crippen molar-refractivity contribution in [1.82, 2.24) is 0 Å². The average Bonchev–Trinajstić information content (AvgIpc) is 2.33. The van der Waals surface area contributed by atoms with Gasteiger partial charge in [0.05, 0.1) is 5.69 Å². The van der Waals surface area contributed by atoms with Crippen molar-refractivity contribution in [3.05, 3.63) is 52.5 Å². The number of sulfonamides is 1. The van der Waals surface area contributed by atoms with Crippen LogP contribution < -0.4 is 10.5 Å². The molecule has 2 aromatic rings. The highest BCUT2D eigenvalue weighted by molar-refractivity contribution is 9.10. The fourth-order valence-electron chi connectivity index (χ4n) is 1.51. The number of nitrogens with two attached hydrogens (primary N) is 1. The number of nitrogen functional groups attached to an aromatic ring is 1. The molecule has 0 atom stereocenters. The van der Waals surface area contributed by atoms with Crippen LogP contribution in [0.3, 0.4) is 0 Å². The number of hydrogen-bond acceptors (Lipinski definition) is 3. The lowest BCUT2D eigenvalue weighted by atomic mass is 10.3. The van der Waals surface area contributed by atoms with Crippen molar-refractivity contribution in [2.75, 3.05) is 10.5 Å². The van der Waals surface area contributed by atoms with E-state index in [9.17, 15) is 17.2 Å². The van der Waals surface area contributed by atoms with Gasteiger partial charge in [0, 0.05) is 10.2 Å². The Morgan fingerprint density at radius 2 is 1.80 bits per heavy atom. The molecule has 3 N–H and O–H groups in total. The summed E-state index contributed by atoms with van der Waals surface area (Å²) in [5, 5.41) is 0. The number of benzene rings is 2. The number of anilines is 2. The Morgan fingerprint density at radius 1 is 1.10 bits per heavy atom. The van der Waals surface area contributed by atoms with E-state index in [2.05, 4.69) is 20.7 Å². The summed E-state index contributed by atoms with van der Waals surface area (Å²) in [6.07, 6.45) is 0. The van der Waals surface area contributed by atoms with Gasteiger partial charge >= 0.3 is 0 Å². The van der Waals surface area contributed by atoms with Crippen LogP contribution in [0.1, 0.15) is 0 Å². The molecule has 0 unspecified atom stereocenters. The van der Waals surface area contributed by atoms with E-state index in [0.717, 1.165) is 24.3 Å². The summed E-state index contributed by atoms with van der Waals surface area (Å²) >= 11 is 3.08. The Bertz CT molecular complexity index is 766. The van der Waals surface area contributed by atoms with Crippen molar-refractivity contribution in [3.63, 3.8) is 0 Å². The minimum atomic E-state index is -4.18. The maximum absolute atomic E-state index is 13.6. The minimum absolute atomic E-state index is 0.0266. The second-order valence-corrected chi connectivity index (χ2v) is 6.42. The molecule has 106 valence electrons. The zero-order valence-electron chi connectivity index (χ0n) is 9.90. The summed E-state index contributed by atoms with van der Waals surface area (Å²) in [4.78, 5) is -0.567. The van der Waals surface area contributed by atoms with Gasteiger partial charge in [-0.25, -0.2) is 17.2 Å². The molecule has 0 heterocycles. The van der Waals surface area contributed by atoms with Crippen LogP contribution in [-0.2, 0) is 10.0 Å². The molecule has 20 heavy (non-hydrogen) atoms. The van der Waals surface area contributed by atoms with Gasteiger partial charge in [-0.05, 0) is 52.3 Å². The summed E-state index contributed by atoms with van der Waals surface area (Å²) in [7, 11) is -4.18. The molecule has 0 amide bonds. The zero-order valence-corrected chi connectivity index (χ0v) is 12.3. The van der Waals surface area contributed by atoms with E-state index < -0.39 is 26.6 Å². The highest BCUT2D eigenvalue weighted by Gasteiger charge is 2.20. The van der Waals surface area contributed by atoms with Gasteiger partial charge in [-0.1, -0.05) is 0 Å². The molecule has 2 aromatic carbocycles. The lowest BCUT2D eigenvalue weighted by Gasteiger charge is -2.10. The molecule has 0 aromatic heterocycles. The first-order valence-electron chi connectivity index (χ1n) is 5.32. The second kappa shape index (κ2) is 5.37. The normalized spacial score (nSPS) is 11.3. The van der Waals surface area contributed by atoms with Gasteiger partial charge in [-0.15, -0.1) is 0 Å². The summed E-state index contributed by atoms with van der Waals surface area (Å²) in [5.41, 5.74) is 5.43. The first-order chi connectivity index (χ1) is 9.29. The largest absolute Gasteiger partial charge is 0.399 e. The molecule has 4 nitrogen and oxygen atoms in total. The van der Waals surface area contributed by atoms with Gasteiger partial charge in [-0.3, -0.25) is 4.72 Å². The van der Waals surface area contributed by atoms with Crippen LogP contribution >= 0.6 is 15.9 Å². The topological polar surface area (TPSA) is 72.2 Å². The van der Waals surface area contributed by atoms with Gasteiger partial charge in [0.25, 0.3) is 10.0 Å². The van der Waals surface area contributed by atoms with Crippen LogP contribution in [0.4, 0.5) is 20.2 Å². The van der Waals surface area contributed by atoms with Crippen molar-refractivity contribution in [1.29, 1.82) is 0 Å². The van der Waals surface area contributed by atoms with E-state index in [4.69, 9.17) is 5.73 Å². The molecule has 0 aliphatic heterocycles. The van der Waals surface area contributed by atoms with Crippen LogP contribution in [0, 0.1) is 11.6 Å². The van der Waals surface area contributed by atoms with Crippen LogP contribution in [0.2, 0.25) is 0 Å². The Labute approximate surface area is 122 Å². The molecule has 0 saturated carbocycles. The summed E-state index contributed by atoms with van der Waals surface area (Å²) in [6, 6.07) is 6.68. The van der Waals surface area contributed by atoms with E-state index in [0.29, 0.717) is 4.47 Å². The molecule has 8 heteroatoms. The van der Waals surface area contributed by atoms with E-state index >= 15 is 0 Å². The first kappa shape index (κ1) is 14.7. The summed E-state index contributed by atoms with van der Waals surface area (Å²) < 4.78 is 53.3. The van der Waals surface area contributed by atoms with Gasteiger partial charge in [-0.2, -0.15) is 0 Å². The Hall–Kier alpha value is -1.67. The smallest absolute Gasteiger partial charge is 0.264 e. The Balaban J connectivity index is 2.43. The number of hydrogen-bond donors (Lipinski definition) is 2. The van der Waals surface area contributed by atoms with Crippen LogP contribution in [0.25, 0.3) is 0 Å². The van der Waals surface area contributed by atoms with Gasteiger partial charge in [0.2, 0.25) is 0 Å². The van der Waals surface area contributed by atoms with E-state index in [1.165, 1.54) is 12.1 Å². The highest BCUT2D eigenvalue weighted by Crippen LogP contribution is 2.27. The lowest BCUT2D eigenvalue weighted by molar-refractivity contribution is 0.571. The Morgan fingerprint density at radius 3 is 2.45 bits per heavy atom. The molecule has 2 rings (SSSR count). The molecule has 0 radical (unpaired) electrons. The quantitative estimate of drug-likeness (QED) is 0.824. The molecule has 0 fully saturated rings. The van der Waals surface area contributed by atoms with Crippen molar-refractivity contribution in [2.24, 2.45) is 0 Å². The molecule has 0 saturated heterocycles. The van der Waals surface area contributed by atoms with Gasteiger partial charge in [0.1, 0.15) is 16.5 Å². The third-order valence-electron chi connectivity index (χ3n) is 2.42. The molecule has 0 spiro atoms. The summed E-state index contributed by atoms with van der Waals surface area (Å²) in [6.45, 7) is 0. The van der Waals surface area contributed by atoms with E-state index in [1.54, 1.807) is 0 Å². The maximum atomic E-state index is 13.6. The standard InChI is InChI=1S/C12H9BrF2N2O2S/c13-9-3-1-7(14)5-11(9)17-20(18,19)12-4-2-8(16)6-10(12)15/h1-6,17H,16H2. The van der Waals surface area contributed by atoms with Crippen LogP contribution in [0.5, 0.6) is 0 Å². The SMILES string of the molecule is Nc1ccc(S(=O)(=O)Nc2cc(F)ccc2Br)c(F)c1. The van der Waals surface area contributed by atoms with E-state index in [-0.39, 0.29) is 11.4 Å².